The Morgan fingerprint density at radius 1 is 0.857 bits per heavy atom. The summed E-state index contributed by atoms with van der Waals surface area (Å²) >= 11 is 0. The van der Waals surface area contributed by atoms with Crippen LogP contribution in [0, 0.1) is 6.92 Å². The molecule has 0 saturated heterocycles. The molecule has 0 aliphatic carbocycles. The Labute approximate surface area is 123 Å². The number of rotatable bonds is 1. The van der Waals surface area contributed by atoms with Gasteiger partial charge in [0.1, 0.15) is 0 Å². The first-order valence-corrected chi connectivity index (χ1v) is 7.14. The molecule has 0 spiro atoms. The summed E-state index contributed by atoms with van der Waals surface area (Å²) in [6, 6.07) is 19.3. The molecule has 0 aliphatic rings. The molecule has 0 bridgehead atoms. The van der Waals surface area contributed by atoms with Crippen molar-refractivity contribution in [3.63, 3.8) is 0 Å². The van der Waals surface area contributed by atoms with E-state index < -0.39 is 0 Å². The van der Waals surface area contributed by atoms with Gasteiger partial charge in [0, 0.05) is 29.9 Å². The molecule has 102 valence electrons. The fraction of sp³-hybridized carbons (Fsp3) is 0.105. The summed E-state index contributed by atoms with van der Waals surface area (Å²) in [5.74, 6) is 0. The SMILES string of the molecule is Cc1cc2ccnc(-c3ccc4ccccc4c3)c2n1C. The number of nitrogens with zero attached hydrogens (tertiary/aromatic N) is 2. The van der Waals surface area contributed by atoms with E-state index in [9.17, 15) is 0 Å². The van der Waals surface area contributed by atoms with E-state index in [-0.39, 0.29) is 0 Å². The van der Waals surface area contributed by atoms with E-state index in [0.717, 1.165) is 5.69 Å². The van der Waals surface area contributed by atoms with Crippen LogP contribution in [-0.4, -0.2) is 9.55 Å². The lowest BCUT2D eigenvalue weighted by molar-refractivity contribution is 0.916. The summed E-state index contributed by atoms with van der Waals surface area (Å²) in [4.78, 5) is 4.64. The van der Waals surface area contributed by atoms with Crippen molar-refractivity contribution in [2.75, 3.05) is 0 Å². The van der Waals surface area contributed by atoms with Crippen LogP contribution in [0.4, 0.5) is 0 Å². The molecule has 0 aliphatic heterocycles. The maximum Gasteiger partial charge on any atom is 0.0944 e. The highest BCUT2D eigenvalue weighted by molar-refractivity contribution is 5.96. The Bertz CT molecular complexity index is 964. The maximum atomic E-state index is 4.64. The Morgan fingerprint density at radius 3 is 2.52 bits per heavy atom. The molecule has 0 radical (unpaired) electrons. The molecule has 2 heteroatoms. The van der Waals surface area contributed by atoms with Crippen molar-refractivity contribution < 1.29 is 0 Å². The van der Waals surface area contributed by atoms with Gasteiger partial charge in [-0.2, -0.15) is 0 Å². The molecular weight excluding hydrogens is 256 g/mol. The average Bonchev–Trinajstić information content (AvgIpc) is 2.82. The quantitative estimate of drug-likeness (QED) is 0.491. The third-order valence-electron chi connectivity index (χ3n) is 4.21. The highest BCUT2D eigenvalue weighted by Crippen LogP contribution is 2.30. The summed E-state index contributed by atoms with van der Waals surface area (Å²) < 4.78 is 2.22. The normalized spacial score (nSPS) is 11.3. The Hall–Kier alpha value is -2.61. The predicted molar refractivity (Wildman–Crippen MR) is 88.4 cm³/mol. The smallest absolute Gasteiger partial charge is 0.0944 e. The molecule has 4 aromatic rings. The molecule has 4 rings (SSSR count). The van der Waals surface area contributed by atoms with E-state index >= 15 is 0 Å². The first-order valence-electron chi connectivity index (χ1n) is 7.14. The zero-order valence-corrected chi connectivity index (χ0v) is 12.2. The molecule has 2 aromatic carbocycles. The van der Waals surface area contributed by atoms with Gasteiger partial charge in [-0.15, -0.1) is 0 Å². The summed E-state index contributed by atoms with van der Waals surface area (Å²) in [5.41, 5.74) is 4.67. The zero-order valence-electron chi connectivity index (χ0n) is 12.2. The number of aromatic nitrogens is 2. The lowest BCUT2D eigenvalue weighted by Crippen LogP contribution is -1.94. The van der Waals surface area contributed by atoms with Gasteiger partial charge in [0.05, 0.1) is 11.2 Å². The molecule has 0 fully saturated rings. The molecule has 0 atom stereocenters. The van der Waals surface area contributed by atoms with E-state index in [1.54, 1.807) is 0 Å². The van der Waals surface area contributed by atoms with Crippen LogP contribution in [0.5, 0.6) is 0 Å². The minimum absolute atomic E-state index is 1.05. The topological polar surface area (TPSA) is 17.8 Å². The zero-order chi connectivity index (χ0) is 14.4. The first-order chi connectivity index (χ1) is 10.2. The number of aryl methyl sites for hydroxylation is 2. The number of pyridine rings is 1. The van der Waals surface area contributed by atoms with E-state index in [2.05, 4.69) is 78.1 Å². The van der Waals surface area contributed by atoms with Crippen LogP contribution in [0.15, 0.2) is 60.8 Å². The molecule has 2 heterocycles. The van der Waals surface area contributed by atoms with Gasteiger partial charge in [-0.05, 0) is 35.9 Å². The van der Waals surface area contributed by atoms with Crippen LogP contribution in [0.1, 0.15) is 5.69 Å². The number of fused-ring (bicyclic) bond motifs is 2. The van der Waals surface area contributed by atoms with Gasteiger partial charge in [0.25, 0.3) is 0 Å². The number of benzene rings is 2. The molecule has 0 amide bonds. The van der Waals surface area contributed by atoms with Gasteiger partial charge >= 0.3 is 0 Å². The monoisotopic (exact) mass is 272 g/mol. The second-order valence-electron chi connectivity index (χ2n) is 5.50. The predicted octanol–water partition coefficient (Wildman–Crippen LogP) is 4.70. The number of hydrogen-bond acceptors (Lipinski definition) is 1. The van der Waals surface area contributed by atoms with Crippen molar-refractivity contribution in [1.29, 1.82) is 0 Å². The third-order valence-corrected chi connectivity index (χ3v) is 4.21. The van der Waals surface area contributed by atoms with Crippen LogP contribution in [0.3, 0.4) is 0 Å². The van der Waals surface area contributed by atoms with Gasteiger partial charge < -0.3 is 4.57 Å². The highest BCUT2D eigenvalue weighted by Gasteiger charge is 2.10. The van der Waals surface area contributed by atoms with Crippen molar-refractivity contribution in [1.82, 2.24) is 9.55 Å². The Kier molecular flexibility index (Phi) is 2.58. The molecule has 0 N–H and O–H groups in total. The standard InChI is InChI=1S/C19H16N2/c1-13-11-17-9-10-20-18(19(17)21(13)2)16-8-7-14-5-3-4-6-15(14)12-16/h3-12H,1-2H3. The molecule has 0 unspecified atom stereocenters. The first kappa shape index (κ1) is 12.2. The minimum atomic E-state index is 1.05. The molecular formula is C19H16N2. The average molecular weight is 272 g/mol. The molecule has 0 saturated carbocycles. The Balaban J connectivity index is 2.04. The molecule has 2 aromatic heterocycles. The summed E-state index contributed by atoms with van der Waals surface area (Å²) in [5, 5.41) is 3.75. The third kappa shape index (κ3) is 1.83. The van der Waals surface area contributed by atoms with Crippen LogP contribution in [0.25, 0.3) is 32.9 Å². The molecule has 2 nitrogen and oxygen atoms in total. The van der Waals surface area contributed by atoms with Gasteiger partial charge in [-0.1, -0.05) is 36.4 Å². The molecule has 21 heavy (non-hydrogen) atoms. The fourth-order valence-electron chi connectivity index (χ4n) is 2.98. The van der Waals surface area contributed by atoms with Gasteiger partial charge in [-0.25, -0.2) is 0 Å². The lowest BCUT2D eigenvalue weighted by atomic mass is 10.0. The number of hydrogen-bond donors (Lipinski definition) is 0. The highest BCUT2D eigenvalue weighted by atomic mass is 15.0. The van der Waals surface area contributed by atoms with E-state index in [0.29, 0.717) is 0 Å². The van der Waals surface area contributed by atoms with Gasteiger partial charge in [0.15, 0.2) is 0 Å². The van der Waals surface area contributed by atoms with Crippen molar-refractivity contribution in [2.45, 2.75) is 6.92 Å². The van der Waals surface area contributed by atoms with Crippen molar-refractivity contribution >= 4 is 21.7 Å². The van der Waals surface area contributed by atoms with E-state index in [1.165, 1.54) is 32.9 Å². The second kappa shape index (κ2) is 4.45. The minimum Gasteiger partial charge on any atom is -0.346 e. The summed E-state index contributed by atoms with van der Waals surface area (Å²) in [6.45, 7) is 2.13. The maximum absolute atomic E-state index is 4.64. The van der Waals surface area contributed by atoms with E-state index in [4.69, 9.17) is 0 Å². The largest absolute Gasteiger partial charge is 0.346 e. The summed E-state index contributed by atoms with van der Waals surface area (Å²) in [7, 11) is 2.10. The second-order valence-corrected chi connectivity index (χ2v) is 5.50. The summed E-state index contributed by atoms with van der Waals surface area (Å²) in [6.07, 6.45) is 1.90. The lowest BCUT2D eigenvalue weighted by Gasteiger charge is -2.07. The van der Waals surface area contributed by atoms with Crippen molar-refractivity contribution in [3.8, 4) is 11.3 Å². The van der Waals surface area contributed by atoms with Gasteiger partial charge in [0.2, 0.25) is 0 Å². The van der Waals surface area contributed by atoms with Gasteiger partial charge in [-0.3, -0.25) is 4.98 Å². The van der Waals surface area contributed by atoms with Crippen LogP contribution in [0.2, 0.25) is 0 Å². The van der Waals surface area contributed by atoms with Crippen molar-refractivity contribution in [2.24, 2.45) is 7.05 Å². The van der Waals surface area contributed by atoms with Crippen molar-refractivity contribution in [3.05, 3.63) is 66.5 Å². The van der Waals surface area contributed by atoms with Crippen LogP contribution < -0.4 is 0 Å². The van der Waals surface area contributed by atoms with E-state index in [1.807, 2.05) is 6.20 Å². The van der Waals surface area contributed by atoms with Crippen LogP contribution in [-0.2, 0) is 7.05 Å². The Morgan fingerprint density at radius 2 is 1.67 bits per heavy atom. The fourth-order valence-corrected chi connectivity index (χ4v) is 2.98. The van der Waals surface area contributed by atoms with Crippen LogP contribution >= 0.6 is 0 Å².